The largest absolute Gasteiger partial charge is 0.456 e. The van der Waals surface area contributed by atoms with Gasteiger partial charge in [0.25, 0.3) is 0 Å². The van der Waals surface area contributed by atoms with Crippen LogP contribution in [0.25, 0.3) is 248 Å². The summed E-state index contributed by atoms with van der Waals surface area (Å²) >= 11 is 0. The van der Waals surface area contributed by atoms with E-state index in [4.69, 9.17) is 13.3 Å². The molecule has 0 fully saturated rings. The van der Waals surface area contributed by atoms with Crippen LogP contribution in [-0.4, -0.2) is 13.7 Å². The zero-order valence-electron chi connectivity index (χ0n) is 78.9. The molecule has 27 aromatic rings. The van der Waals surface area contributed by atoms with Crippen molar-refractivity contribution in [2.24, 2.45) is 0 Å². The number of benzene rings is 21. The second-order valence-corrected chi connectivity index (χ2v) is 40.1. The predicted octanol–water partition coefficient (Wildman–Crippen LogP) is 37.0. The molecule has 0 amide bonds. The zero-order chi connectivity index (χ0) is 93.8. The van der Waals surface area contributed by atoms with E-state index in [1.54, 1.807) is 0 Å². The van der Waals surface area contributed by atoms with E-state index in [1.165, 1.54) is 243 Å². The van der Waals surface area contributed by atoms with E-state index in [9.17, 15) is 0 Å². The van der Waals surface area contributed by atoms with Crippen molar-refractivity contribution in [2.45, 2.75) is 57.8 Å². The van der Waals surface area contributed by atoms with E-state index in [0.717, 1.165) is 39.2 Å². The summed E-state index contributed by atoms with van der Waals surface area (Å²) < 4.78 is 26.4. The lowest BCUT2D eigenvalue weighted by molar-refractivity contribution is 0.647. The van der Waals surface area contributed by atoms with Gasteiger partial charge in [-0.3, -0.25) is 0 Å². The number of para-hydroxylation sites is 3. The Morgan fingerprint density at radius 2 is 0.447 bits per heavy atom. The molecule has 0 N–H and O–H groups in total. The second-order valence-electron chi connectivity index (χ2n) is 40.1. The van der Waals surface area contributed by atoms with Crippen molar-refractivity contribution in [2.75, 3.05) is 0 Å². The van der Waals surface area contributed by atoms with Crippen molar-refractivity contribution in [3.63, 3.8) is 0 Å². The van der Waals surface area contributed by atoms with Gasteiger partial charge >= 0.3 is 0 Å². The molecule has 666 valence electrons. The average molecular weight is 1810 g/mol. The molecule has 141 heavy (non-hydrogen) atoms. The summed E-state index contributed by atoms with van der Waals surface area (Å²) in [5.41, 5.74) is 46.6. The minimum atomic E-state index is -0.161. The number of hydrogen-bond acceptors (Lipinski definition) is 3. The topological polar surface area (TPSA) is 54.2 Å². The Morgan fingerprint density at radius 1 is 0.163 bits per heavy atom. The van der Waals surface area contributed by atoms with Crippen molar-refractivity contribution >= 4 is 131 Å². The first-order valence-electron chi connectivity index (χ1n) is 49.1. The second kappa shape index (κ2) is 31.2. The van der Waals surface area contributed by atoms with Crippen molar-refractivity contribution in [1.82, 2.24) is 13.7 Å². The van der Waals surface area contributed by atoms with Crippen LogP contribution < -0.4 is 0 Å². The van der Waals surface area contributed by atoms with Crippen LogP contribution in [-0.2, 0) is 16.2 Å². The highest BCUT2D eigenvalue weighted by molar-refractivity contribution is 6.19. The first-order valence-corrected chi connectivity index (χ1v) is 49.1. The molecule has 6 aromatic heterocycles. The Labute approximate surface area is 815 Å². The molecule has 0 radical (unpaired) electrons. The van der Waals surface area contributed by atoms with E-state index in [1.807, 2.05) is 6.07 Å². The molecule has 0 unspecified atom stereocenters. The lowest BCUT2D eigenvalue weighted by Crippen LogP contribution is -2.15. The number of hydrogen-bond donors (Lipinski definition) is 0. The first kappa shape index (κ1) is 81.7. The molecular formula is C135H93N3O3. The molecule has 6 heteroatoms. The Kier molecular flexibility index (Phi) is 18.1. The van der Waals surface area contributed by atoms with Gasteiger partial charge in [-0.1, -0.05) is 345 Å². The average Bonchev–Trinajstić information content (AvgIpc) is 1.54. The summed E-state index contributed by atoms with van der Waals surface area (Å²) in [7, 11) is 0. The molecule has 0 atom stereocenters. The summed E-state index contributed by atoms with van der Waals surface area (Å²) in [5, 5.41) is 14.7. The third-order valence-corrected chi connectivity index (χ3v) is 31.2. The van der Waals surface area contributed by atoms with E-state index in [0.29, 0.717) is 0 Å². The molecule has 3 aliphatic carbocycles. The molecule has 0 saturated heterocycles. The van der Waals surface area contributed by atoms with Crippen molar-refractivity contribution in [1.29, 1.82) is 0 Å². The lowest BCUT2D eigenvalue weighted by Gasteiger charge is -2.22. The highest BCUT2D eigenvalue weighted by atomic mass is 16.3. The van der Waals surface area contributed by atoms with Crippen LogP contribution >= 0.6 is 0 Å². The van der Waals surface area contributed by atoms with Gasteiger partial charge in [0.1, 0.15) is 33.5 Å². The Balaban J connectivity index is 0.000000104. The Hall–Kier alpha value is -17.6. The third kappa shape index (κ3) is 12.7. The fourth-order valence-corrected chi connectivity index (χ4v) is 24.3. The van der Waals surface area contributed by atoms with E-state index in [-0.39, 0.29) is 16.2 Å². The van der Waals surface area contributed by atoms with E-state index >= 15 is 0 Å². The number of furan rings is 3. The van der Waals surface area contributed by atoms with E-state index in [2.05, 4.69) is 504 Å². The maximum absolute atomic E-state index is 6.37. The first-order chi connectivity index (χ1) is 69.2. The van der Waals surface area contributed by atoms with Gasteiger partial charge in [-0.25, -0.2) is 0 Å². The van der Waals surface area contributed by atoms with Gasteiger partial charge in [0, 0.05) is 97.9 Å². The Morgan fingerprint density at radius 3 is 0.837 bits per heavy atom. The lowest BCUT2D eigenvalue weighted by atomic mass is 9.80. The molecule has 21 aromatic carbocycles. The number of nitrogens with zero attached hydrogens (tertiary/aromatic N) is 3. The van der Waals surface area contributed by atoms with Gasteiger partial charge in [-0.05, 0) is 285 Å². The normalized spacial score (nSPS) is 13.5. The van der Waals surface area contributed by atoms with Gasteiger partial charge in [-0.2, -0.15) is 0 Å². The molecule has 0 bridgehead atoms. The highest BCUT2D eigenvalue weighted by Crippen LogP contribution is 2.58. The molecule has 3 aliphatic rings. The van der Waals surface area contributed by atoms with Crippen molar-refractivity contribution < 1.29 is 13.3 Å². The van der Waals surface area contributed by atoms with Crippen LogP contribution in [0.3, 0.4) is 0 Å². The van der Waals surface area contributed by atoms with Crippen LogP contribution in [0.5, 0.6) is 0 Å². The van der Waals surface area contributed by atoms with Crippen molar-refractivity contribution in [3.8, 4) is 117 Å². The Bertz CT molecular complexity index is 9370. The van der Waals surface area contributed by atoms with Crippen LogP contribution in [0.2, 0.25) is 0 Å². The molecule has 30 rings (SSSR count). The summed E-state index contributed by atoms with van der Waals surface area (Å²) in [6.45, 7) is 14.1. The maximum atomic E-state index is 6.37. The summed E-state index contributed by atoms with van der Waals surface area (Å²) in [6, 6.07) is 166. The quantitative estimate of drug-likeness (QED) is 0.145. The van der Waals surface area contributed by atoms with Gasteiger partial charge in [-0.15, -0.1) is 0 Å². The van der Waals surface area contributed by atoms with Crippen LogP contribution in [0, 0.1) is 0 Å². The SMILES string of the molecule is CC1(C)c2ccc(-n3c4ccc(-c5ccccc5)cc4c4cc(-c5ccccc5)ccc43)cc2-c2c1ccc1oc3ccccc3c21.CC1(C)c2ccc(-n3c4ccc(-c5ccccc5)cc4c4cc(-c5ccccc5)ccc43)cc2-c2cc3c(cc21)oc1ccccc13.CC1(C)c2ccc(-n3c4ccc(-c5ccccc5)cc4c4cc(-c5ccccc5)ccc43)cc2-c2ccc3oc4ccccc4c3c21. The molecule has 6 nitrogen and oxygen atoms in total. The minimum Gasteiger partial charge on any atom is -0.456 e. The zero-order valence-corrected chi connectivity index (χ0v) is 78.9. The van der Waals surface area contributed by atoms with Crippen LogP contribution in [0.15, 0.2) is 468 Å². The standard InChI is InChI=1S/3C45H31NO/c1-45(2)38-21-19-32(27-35(38)33-20-24-42-43(44(33)45)34-15-9-10-16-41(34)47-42)46-39-22-17-30(28-11-5-3-6-12-28)25-36(39)37-26-31(18-23-40(37)46)29-13-7-4-8-14-29;1-45(2)37-20-19-32(27-36(37)43-38(45)21-24-42-44(43)33-15-9-10-16-41(33)47-42)46-39-22-17-30(28-11-5-3-6-12-28)25-34(39)35-26-31(18-23-40(35)46)29-13-7-4-8-14-29;1-45(2)39-20-19-32(25-34(39)35-26-38-33-15-9-10-16-43(33)47-44(38)27-40(35)45)46-41-21-17-30(28-11-5-3-6-12-28)23-36(41)37-24-31(18-22-42(37)46)29-13-7-4-8-14-29/h3*3-27H,1-2H3. The third-order valence-electron chi connectivity index (χ3n) is 31.2. The van der Waals surface area contributed by atoms with Gasteiger partial charge in [0.15, 0.2) is 0 Å². The number of fused-ring (bicyclic) bond motifs is 29. The maximum Gasteiger partial charge on any atom is 0.136 e. The minimum absolute atomic E-state index is 0.119. The number of aromatic nitrogens is 3. The molecular weight excluding hydrogens is 1710 g/mol. The van der Waals surface area contributed by atoms with Crippen LogP contribution in [0.1, 0.15) is 74.9 Å². The van der Waals surface area contributed by atoms with Gasteiger partial charge in [0.05, 0.1) is 33.1 Å². The van der Waals surface area contributed by atoms with Gasteiger partial charge in [0.2, 0.25) is 0 Å². The monoisotopic (exact) mass is 1800 g/mol. The molecule has 0 aliphatic heterocycles. The van der Waals surface area contributed by atoms with Crippen LogP contribution in [0.4, 0.5) is 0 Å². The van der Waals surface area contributed by atoms with E-state index < -0.39 is 0 Å². The molecule has 0 saturated carbocycles. The highest BCUT2D eigenvalue weighted by Gasteiger charge is 2.42. The molecule has 0 spiro atoms. The smallest absolute Gasteiger partial charge is 0.136 e. The van der Waals surface area contributed by atoms with Crippen molar-refractivity contribution in [3.05, 3.63) is 488 Å². The summed E-state index contributed by atoms with van der Waals surface area (Å²) in [5.74, 6) is 0. The number of rotatable bonds is 9. The summed E-state index contributed by atoms with van der Waals surface area (Å²) in [6.07, 6.45) is 0. The predicted molar refractivity (Wildman–Crippen MR) is 589 cm³/mol. The van der Waals surface area contributed by atoms with Gasteiger partial charge < -0.3 is 27.0 Å². The molecule has 6 heterocycles. The fourth-order valence-electron chi connectivity index (χ4n) is 24.3. The fraction of sp³-hybridized carbons (Fsp3) is 0.0667. The summed E-state index contributed by atoms with van der Waals surface area (Å²) in [4.78, 5) is 0.